The molecule has 0 radical (unpaired) electrons. The summed E-state index contributed by atoms with van der Waals surface area (Å²) in [5.74, 6) is -0.238. The molecule has 0 aliphatic rings. The molecule has 182 valence electrons. The minimum atomic E-state index is -4.10. The van der Waals surface area contributed by atoms with Gasteiger partial charge in [-0.1, -0.05) is 24.3 Å². The number of carbonyl (C=O) groups is 1. The first-order valence-electron chi connectivity index (χ1n) is 10.1. The Hall–Kier alpha value is -4.45. The number of methoxy groups -OCH3 is 2. The van der Waals surface area contributed by atoms with E-state index in [9.17, 15) is 23.3 Å². The van der Waals surface area contributed by atoms with Crippen LogP contribution in [0.5, 0.6) is 11.5 Å². The van der Waals surface area contributed by atoms with Gasteiger partial charge in [0.05, 0.1) is 35.9 Å². The number of nitro benzene ring substituents is 1. The molecular formula is C23H22N4O7S. The maximum absolute atomic E-state index is 13.3. The number of rotatable bonds is 10. The predicted molar refractivity (Wildman–Crippen MR) is 129 cm³/mol. The fourth-order valence-corrected chi connectivity index (χ4v) is 4.51. The zero-order valence-corrected chi connectivity index (χ0v) is 19.6. The van der Waals surface area contributed by atoms with E-state index in [1.807, 2.05) is 0 Å². The third-order valence-corrected chi connectivity index (χ3v) is 6.55. The summed E-state index contributed by atoms with van der Waals surface area (Å²) in [5, 5.41) is 15.0. The normalized spacial score (nSPS) is 11.1. The van der Waals surface area contributed by atoms with Crippen LogP contribution in [0.4, 0.5) is 11.4 Å². The molecule has 0 unspecified atom stereocenters. The summed E-state index contributed by atoms with van der Waals surface area (Å²) in [4.78, 5) is 23.2. The van der Waals surface area contributed by atoms with E-state index in [4.69, 9.17) is 9.47 Å². The molecular weight excluding hydrogens is 476 g/mol. The Morgan fingerprint density at radius 3 is 2.46 bits per heavy atom. The van der Waals surface area contributed by atoms with E-state index in [0.29, 0.717) is 11.3 Å². The molecule has 1 N–H and O–H groups in total. The summed E-state index contributed by atoms with van der Waals surface area (Å²) < 4.78 is 37.7. The zero-order valence-electron chi connectivity index (χ0n) is 18.8. The summed E-state index contributed by atoms with van der Waals surface area (Å²) in [6, 6.07) is 18.1. The van der Waals surface area contributed by atoms with Crippen LogP contribution in [0.1, 0.15) is 5.56 Å². The summed E-state index contributed by atoms with van der Waals surface area (Å²) in [5.41, 5.74) is 2.54. The van der Waals surface area contributed by atoms with Gasteiger partial charge in [0, 0.05) is 17.7 Å². The first-order valence-corrected chi connectivity index (χ1v) is 11.6. The van der Waals surface area contributed by atoms with Gasteiger partial charge in [0.15, 0.2) is 5.75 Å². The van der Waals surface area contributed by atoms with Crippen LogP contribution in [-0.2, 0) is 14.8 Å². The summed E-state index contributed by atoms with van der Waals surface area (Å²) >= 11 is 0. The van der Waals surface area contributed by atoms with Crippen molar-refractivity contribution in [2.45, 2.75) is 4.90 Å². The molecule has 3 aromatic rings. The Labute approximate surface area is 201 Å². The summed E-state index contributed by atoms with van der Waals surface area (Å²) in [7, 11) is -1.34. The van der Waals surface area contributed by atoms with Crippen molar-refractivity contribution in [1.82, 2.24) is 5.43 Å². The van der Waals surface area contributed by atoms with Crippen LogP contribution < -0.4 is 19.2 Å². The molecule has 0 aliphatic heterocycles. The van der Waals surface area contributed by atoms with E-state index in [2.05, 4.69) is 10.5 Å². The van der Waals surface area contributed by atoms with Gasteiger partial charge < -0.3 is 9.47 Å². The molecule has 3 rings (SSSR count). The molecule has 0 aliphatic carbocycles. The number of nitro groups is 1. The van der Waals surface area contributed by atoms with Crippen LogP contribution in [0, 0.1) is 10.1 Å². The second kappa shape index (κ2) is 11.1. The Morgan fingerprint density at radius 2 is 1.80 bits per heavy atom. The molecule has 0 spiro atoms. The van der Waals surface area contributed by atoms with Gasteiger partial charge in [-0.05, 0) is 36.4 Å². The molecule has 0 saturated heterocycles. The molecule has 0 bridgehead atoms. The minimum Gasteiger partial charge on any atom is -0.497 e. The quantitative estimate of drug-likeness (QED) is 0.257. The lowest BCUT2D eigenvalue weighted by Crippen LogP contribution is -2.39. The minimum absolute atomic E-state index is 0.00432. The van der Waals surface area contributed by atoms with Crippen LogP contribution >= 0.6 is 0 Å². The standard InChI is InChI=1S/C23H22N4O7S/c1-33-19-8-6-7-18(14-19)26(35(31,32)20-9-4-3-5-10-20)16-23(28)25-24-15-17-11-12-22(34-2)21(13-17)27(29)30/h3-15H,16H2,1-2H3,(H,25,28)/b24-15-. The maximum Gasteiger partial charge on any atom is 0.311 e. The van der Waals surface area contributed by atoms with Crippen LogP contribution in [0.15, 0.2) is 82.8 Å². The smallest absolute Gasteiger partial charge is 0.311 e. The molecule has 1 amide bonds. The van der Waals surface area contributed by atoms with Crippen molar-refractivity contribution in [2.24, 2.45) is 5.10 Å². The van der Waals surface area contributed by atoms with E-state index in [-0.39, 0.29) is 22.0 Å². The lowest BCUT2D eigenvalue weighted by molar-refractivity contribution is -0.385. The average molecular weight is 499 g/mol. The van der Waals surface area contributed by atoms with E-state index in [1.54, 1.807) is 30.3 Å². The Morgan fingerprint density at radius 1 is 1.06 bits per heavy atom. The topological polar surface area (TPSA) is 140 Å². The second-order valence-corrected chi connectivity index (χ2v) is 8.87. The number of anilines is 1. The Balaban J connectivity index is 1.83. The first-order chi connectivity index (χ1) is 16.8. The highest BCUT2D eigenvalue weighted by Crippen LogP contribution is 2.28. The number of hydrazone groups is 1. The number of nitrogens with zero attached hydrogens (tertiary/aromatic N) is 3. The molecule has 0 heterocycles. The number of nitrogens with one attached hydrogen (secondary N) is 1. The number of amides is 1. The molecule has 0 aromatic heterocycles. The highest BCUT2D eigenvalue weighted by molar-refractivity contribution is 7.92. The van der Waals surface area contributed by atoms with Crippen LogP contribution in [0.3, 0.4) is 0 Å². The van der Waals surface area contributed by atoms with Crippen LogP contribution in [-0.4, -0.2) is 46.2 Å². The fourth-order valence-electron chi connectivity index (χ4n) is 3.07. The number of hydrogen-bond acceptors (Lipinski definition) is 8. The van der Waals surface area contributed by atoms with Gasteiger partial charge in [0.2, 0.25) is 0 Å². The molecule has 0 saturated carbocycles. The third-order valence-electron chi connectivity index (χ3n) is 4.76. The summed E-state index contributed by atoms with van der Waals surface area (Å²) in [6.07, 6.45) is 1.20. The Bertz CT molecular complexity index is 1340. The van der Waals surface area contributed by atoms with Crippen molar-refractivity contribution in [3.05, 3.63) is 88.5 Å². The number of sulfonamides is 1. The molecule has 0 fully saturated rings. The van der Waals surface area contributed by atoms with Gasteiger partial charge in [-0.15, -0.1) is 0 Å². The highest BCUT2D eigenvalue weighted by atomic mass is 32.2. The van der Waals surface area contributed by atoms with Crippen LogP contribution in [0.25, 0.3) is 0 Å². The van der Waals surface area contributed by atoms with Crippen molar-refractivity contribution in [3.8, 4) is 11.5 Å². The highest BCUT2D eigenvalue weighted by Gasteiger charge is 2.27. The fraction of sp³-hybridized carbons (Fsp3) is 0.130. The van der Waals surface area contributed by atoms with Crippen molar-refractivity contribution in [3.63, 3.8) is 0 Å². The summed E-state index contributed by atoms with van der Waals surface area (Å²) in [6.45, 7) is -0.579. The van der Waals surface area contributed by atoms with Crippen molar-refractivity contribution >= 4 is 33.5 Å². The second-order valence-electron chi connectivity index (χ2n) is 7.01. The molecule has 3 aromatic carbocycles. The van der Waals surface area contributed by atoms with Crippen molar-refractivity contribution in [1.29, 1.82) is 0 Å². The van der Waals surface area contributed by atoms with Gasteiger partial charge in [0.25, 0.3) is 15.9 Å². The molecule has 0 atom stereocenters. The van der Waals surface area contributed by atoms with E-state index >= 15 is 0 Å². The third kappa shape index (κ3) is 6.12. The monoisotopic (exact) mass is 498 g/mol. The molecule has 35 heavy (non-hydrogen) atoms. The maximum atomic E-state index is 13.3. The predicted octanol–water partition coefficient (Wildman–Crippen LogP) is 2.96. The number of ether oxygens (including phenoxy) is 2. The van der Waals surface area contributed by atoms with E-state index < -0.39 is 27.4 Å². The van der Waals surface area contributed by atoms with Crippen molar-refractivity contribution in [2.75, 3.05) is 25.1 Å². The lowest BCUT2D eigenvalue weighted by atomic mass is 10.2. The number of benzene rings is 3. The van der Waals surface area contributed by atoms with Gasteiger partial charge in [-0.3, -0.25) is 19.2 Å². The average Bonchev–Trinajstić information content (AvgIpc) is 2.87. The molecule has 12 heteroatoms. The van der Waals surface area contributed by atoms with Gasteiger partial charge in [0.1, 0.15) is 12.3 Å². The molecule has 11 nitrogen and oxygen atoms in total. The first kappa shape index (κ1) is 25.2. The van der Waals surface area contributed by atoms with Gasteiger partial charge in [-0.2, -0.15) is 5.10 Å². The van der Waals surface area contributed by atoms with Gasteiger partial charge in [-0.25, -0.2) is 13.8 Å². The van der Waals surface area contributed by atoms with E-state index in [0.717, 1.165) is 4.31 Å². The largest absolute Gasteiger partial charge is 0.497 e. The van der Waals surface area contributed by atoms with Crippen molar-refractivity contribution < 1.29 is 27.6 Å². The SMILES string of the molecule is COc1cccc(N(CC(=O)N/N=C\c2ccc(OC)c([N+](=O)[O-])c2)S(=O)(=O)c2ccccc2)c1. The van der Waals surface area contributed by atoms with Crippen LogP contribution in [0.2, 0.25) is 0 Å². The van der Waals surface area contributed by atoms with E-state index in [1.165, 1.54) is 62.9 Å². The number of carbonyl (C=O) groups excluding carboxylic acids is 1. The Kier molecular flexibility index (Phi) is 8.00. The lowest BCUT2D eigenvalue weighted by Gasteiger charge is -2.24. The van der Waals surface area contributed by atoms with Gasteiger partial charge >= 0.3 is 5.69 Å². The zero-order chi connectivity index (χ0) is 25.4. The number of hydrogen-bond donors (Lipinski definition) is 1.